The highest BCUT2D eigenvalue weighted by atomic mass is 79.9. The summed E-state index contributed by atoms with van der Waals surface area (Å²) in [5.74, 6) is -0.534. The first-order valence-corrected chi connectivity index (χ1v) is 8.31. The van der Waals surface area contributed by atoms with Gasteiger partial charge in [0.15, 0.2) is 11.6 Å². The van der Waals surface area contributed by atoms with Crippen LogP contribution in [0.3, 0.4) is 0 Å². The second kappa shape index (κ2) is 4.62. The van der Waals surface area contributed by atoms with Crippen molar-refractivity contribution in [2.45, 2.75) is 12.3 Å². The molecule has 2 atom stereocenters. The first-order chi connectivity index (χ1) is 10.1. The fourth-order valence-corrected chi connectivity index (χ4v) is 4.12. The zero-order valence-corrected chi connectivity index (χ0v) is 14.1. The van der Waals surface area contributed by atoms with Crippen LogP contribution < -0.4 is 0 Å². The van der Waals surface area contributed by atoms with Gasteiger partial charge in [0.1, 0.15) is 0 Å². The van der Waals surface area contributed by atoms with Crippen LogP contribution in [0.1, 0.15) is 28.3 Å². The number of hydrogen-bond donors (Lipinski definition) is 0. The molecule has 1 saturated carbocycles. The smallest absolute Gasteiger partial charge is 0.171 e. The molecule has 4 heteroatoms. The van der Waals surface area contributed by atoms with E-state index in [-0.39, 0.29) is 23.4 Å². The topological polar surface area (TPSA) is 34.1 Å². The molecule has 4 rings (SSSR count). The van der Waals surface area contributed by atoms with Gasteiger partial charge >= 0.3 is 0 Å². The fourth-order valence-electron chi connectivity index (χ4n) is 3.46. The van der Waals surface area contributed by atoms with Gasteiger partial charge in [-0.3, -0.25) is 9.59 Å². The zero-order valence-electron chi connectivity index (χ0n) is 10.9. The van der Waals surface area contributed by atoms with Crippen molar-refractivity contribution in [1.29, 1.82) is 0 Å². The largest absolute Gasteiger partial charge is 0.293 e. The molecule has 0 aliphatic heterocycles. The van der Waals surface area contributed by atoms with Crippen molar-refractivity contribution in [2.75, 3.05) is 0 Å². The van der Waals surface area contributed by atoms with Gasteiger partial charge in [-0.25, -0.2) is 0 Å². The lowest BCUT2D eigenvalue weighted by Gasteiger charge is -2.06. The third kappa shape index (κ3) is 1.82. The SMILES string of the molecule is O=C1c2cc(Br)ccc2C2C(=O)C3=CCC(Br)=CC=C3C12. The summed E-state index contributed by atoms with van der Waals surface area (Å²) in [6, 6.07) is 5.63. The fraction of sp³-hybridized carbons (Fsp3) is 0.176. The van der Waals surface area contributed by atoms with Crippen LogP contribution in [0.2, 0.25) is 0 Å². The number of Topliss-reactive ketones (excluding diaryl/α,β-unsaturated/α-hetero) is 2. The second-order valence-corrected chi connectivity index (χ2v) is 7.41. The van der Waals surface area contributed by atoms with Gasteiger partial charge in [0.05, 0.1) is 11.8 Å². The quantitative estimate of drug-likeness (QED) is 0.638. The third-order valence-corrected chi connectivity index (χ3v) is 5.45. The zero-order chi connectivity index (χ0) is 14.7. The standard InChI is InChI=1S/C17H10Br2O2/c18-8-1-4-10-12(6-2-8)16(20)15-11-5-3-9(19)7-13(11)17(21)14(10)15/h1,3-7,14-15H,2H2. The normalized spacial score (nSPS) is 26.5. The van der Waals surface area contributed by atoms with Crippen molar-refractivity contribution in [3.05, 3.63) is 67.7 Å². The molecule has 3 aliphatic rings. The molecule has 2 nitrogen and oxygen atoms in total. The van der Waals surface area contributed by atoms with E-state index in [1.807, 2.05) is 36.4 Å². The number of rotatable bonds is 0. The third-order valence-electron chi connectivity index (χ3n) is 4.37. The van der Waals surface area contributed by atoms with Crippen LogP contribution in [0.5, 0.6) is 0 Å². The highest BCUT2D eigenvalue weighted by Gasteiger charge is 2.52. The van der Waals surface area contributed by atoms with E-state index in [0.717, 1.165) is 25.7 Å². The molecule has 0 N–H and O–H groups in total. The van der Waals surface area contributed by atoms with Gasteiger partial charge < -0.3 is 0 Å². The molecular weight excluding hydrogens is 396 g/mol. The Bertz CT molecular complexity index is 799. The molecule has 1 aromatic carbocycles. The monoisotopic (exact) mass is 404 g/mol. The molecule has 0 bridgehead atoms. The van der Waals surface area contributed by atoms with Gasteiger partial charge in [0, 0.05) is 15.6 Å². The predicted molar refractivity (Wildman–Crippen MR) is 87.5 cm³/mol. The van der Waals surface area contributed by atoms with Gasteiger partial charge in [-0.05, 0) is 34.2 Å². The van der Waals surface area contributed by atoms with Gasteiger partial charge in [0.2, 0.25) is 0 Å². The summed E-state index contributed by atoms with van der Waals surface area (Å²) >= 11 is 6.86. The lowest BCUT2D eigenvalue weighted by Crippen LogP contribution is -2.11. The average Bonchev–Trinajstić information content (AvgIpc) is 2.80. The molecule has 21 heavy (non-hydrogen) atoms. The number of halogens is 2. The average molecular weight is 406 g/mol. The molecule has 0 spiro atoms. The summed E-state index contributed by atoms with van der Waals surface area (Å²) in [5.41, 5.74) is 3.14. The number of benzene rings is 1. The number of hydrogen-bond acceptors (Lipinski definition) is 2. The molecule has 0 aromatic heterocycles. The summed E-state index contributed by atoms with van der Waals surface area (Å²) in [5, 5.41) is 0. The Hall–Kier alpha value is -1.26. The van der Waals surface area contributed by atoms with Crippen molar-refractivity contribution in [3.8, 4) is 0 Å². The number of ketones is 2. The van der Waals surface area contributed by atoms with Gasteiger partial charge in [-0.2, -0.15) is 0 Å². The molecule has 0 saturated heterocycles. The summed E-state index contributed by atoms with van der Waals surface area (Å²) in [6.45, 7) is 0. The Kier molecular flexibility index (Phi) is 2.95. The molecule has 0 heterocycles. The molecule has 1 fully saturated rings. The Labute approximate surface area is 138 Å². The Morgan fingerprint density at radius 1 is 1.00 bits per heavy atom. The maximum atomic E-state index is 12.8. The van der Waals surface area contributed by atoms with Gasteiger partial charge in [-0.15, -0.1) is 0 Å². The molecule has 3 aliphatic carbocycles. The molecule has 104 valence electrons. The van der Waals surface area contributed by atoms with E-state index in [2.05, 4.69) is 31.9 Å². The Morgan fingerprint density at radius 3 is 2.62 bits per heavy atom. The maximum Gasteiger partial charge on any atom is 0.171 e. The van der Waals surface area contributed by atoms with Crippen molar-refractivity contribution >= 4 is 43.4 Å². The first kappa shape index (κ1) is 13.4. The minimum absolute atomic E-state index is 0.0609. The van der Waals surface area contributed by atoms with E-state index in [1.54, 1.807) is 0 Å². The van der Waals surface area contributed by atoms with Gasteiger partial charge in [0.25, 0.3) is 0 Å². The highest BCUT2D eigenvalue weighted by Crippen LogP contribution is 2.52. The number of carbonyl (C=O) groups is 2. The van der Waals surface area contributed by atoms with E-state index in [0.29, 0.717) is 12.0 Å². The van der Waals surface area contributed by atoms with E-state index in [1.165, 1.54) is 0 Å². The van der Waals surface area contributed by atoms with Crippen LogP contribution in [0, 0.1) is 5.92 Å². The van der Waals surface area contributed by atoms with E-state index in [4.69, 9.17) is 0 Å². The minimum Gasteiger partial charge on any atom is -0.293 e. The van der Waals surface area contributed by atoms with Crippen molar-refractivity contribution in [2.24, 2.45) is 5.92 Å². The van der Waals surface area contributed by atoms with Gasteiger partial charge in [-0.1, -0.05) is 56.2 Å². The Balaban J connectivity index is 1.93. The molecule has 1 aromatic rings. The van der Waals surface area contributed by atoms with Crippen molar-refractivity contribution in [1.82, 2.24) is 0 Å². The molecule has 0 amide bonds. The minimum atomic E-state index is -0.345. The number of carbonyl (C=O) groups excluding carboxylic acids is 2. The van der Waals surface area contributed by atoms with Crippen LogP contribution in [-0.2, 0) is 4.79 Å². The van der Waals surface area contributed by atoms with Crippen LogP contribution in [-0.4, -0.2) is 11.6 Å². The van der Waals surface area contributed by atoms with Crippen LogP contribution in [0.4, 0.5) is 0 Å². The summed E-state index contributed by atoms with van der Waals surface area (Å²) in [7, 11) is 0. The highest BCUT2D eigenvalue weighted by molar-refractivity contribution is 9.11. The van der Waals surface area contributed by atoms with Crippen LogP contribution >= 0.6 is 31.9 Å². The van der Waals surface area contributed by atoms with Crippen LogP contribution in [0.15, 0.2) is 56.5 Å². The first-order valence-electron chi connectivity index (χ1n) is 6.72. The van der Waals surface area contributed by atoms with E-state index >= 15 is 0 Å². The van der Waals surface area contributed by atoms with E-state index < -0.39 is 0 Å². The number of fused-ring (bicyclic) bond motifs is 5. The lowest BCUT2D eigenvalue weighted by molar-refractivity contribution is -0.116. The Morgan fingerprint density at radius 2 is 1.81 bits per heavy atom. The molecular formula is C17H10Br2O2. The molecule has 2 unspecified atom stereocenters. The summed E-state index contributed by atoms with van der Waals surface area (Å²) < 4.78 is 1.89. The second-order valence-electron chi connectivity index (χ2n) is 5.47. The van der Waals surface area contributed by atoms with Crippen molar-refractivity contribution < 1.29 is 9.59 Å². The maximum absolute atomic E-state index is 12.8. The number of allylic oxidation sites excluding steroid dienone is 6. The lowest BCUT2D eigenvalue weighted by atomic mass is 9.93. The summed E-state index contributed by atoms with van der Waals surface area (Å²) in [4.78, 5) is 25.5. The van der Waals surface area contributed by atoms with Crippen LogP contribution in [0.25, 0.3) is 0 Å². The summed E-state index contributed by atoms with van der Waals surface area (Å²) in [6.07, 6.45) is 6.50. The molecule has 0 radical (unpaired) electrons. The van der Waals surface area contributed by atoms with Crippen molar-refractivity contribution in [3.63, 3.8) is 0 Å². The predicted octanol–water partition coefficient (Wildman–Crippen LogP) is 4.46. The van der Waals surface area contributed by atoms with E-state index in [9.17, 15) is 9.59 Å².